The fraction of sp³-hybridized carbons (Fsp3) is 0.545. The molecule has 17 heavy (non-hydrogen) atoms. The number of aromatic nitrogens is 2. The van der Waals surface area contributed by atoms with Gasteiger partial charge in [-0.1, -0.05) is 6.92 Å². The van der Waals surface area contributed by atoms with E-state index >= 15 is 0 Å². The van der Waals surface area contributed by atoms with Crippen molar-refractivity contribution in [3.63, 3.8) is 0 Å². The lowest BCUT2D eigenvalue weighted by atomic mass is 9.98. The number of hydrogen-bond acceptors (Lipinski definition) is 5. The maximum absolute atomic E-state index is 11.9. The molecular weight excluding hydrogens is 220 g/mol. The molecule has 0 radical (unpaired) electrons. The van der Waals surface area contributed by atoms with Gasteiger partial charge in [-0.25, -0.2) is 4.98 Å². The molecule has 0 aromatic carbocycles. The van der Waals surface area contributed by atoms with Crippen LogP contribution in [0.25, 0.3) is 0 Å². The summed E-state index contributed by atoms with van der Waals surface area (Å²) < 4.78 is 5.32. The molecule has 1 amide bonds. The second kappa shape index (κ2) is 5.09. The molecule has 1 aliphatic rings. The van der Waals surface area contributed by atoms with E-state index in [-0.39, 0.29) is 23.5 Å². The summed E-state index contributed by atoms with van der Waals surface area (Å²) in [6.45, 7) is 3.40. The van der Waals surface area contributed by atoms with Crippen LogP contribution in [0.2, 0.25) is 0 Å². The summed E-state index contributed by atoms with van der Waals surface area (Å²) in [4.78, 5) is 19.7. The van der Waals surface area contributed by atoms with Crippen molar-refractivity contribution < 1.29 is 9.53 Å². The Kier molecular flexibility index (Phi) is 3.53. The number of ether oxygens (including phenoxy) is 1. The first kappa shape index (κ1) is 11.8. The van der Waals surface area contributed by atoms with E-state index in [1.54, 1.807) is 0 Å². The SMILES string of the molecule is CC1COCCC1NC(=O)c1cncc(N)n1. The van der Waals surface area contributed by atoms with E-state index in [2.05, 4.69) is 22.2 Å². The van der Waals surface area contributed by atoms with Crippen LogP contribution in [0.15, 0.2) is 12.4 Å². The number of amides is 1. The third kappa shape index (κ3) is 2.91. The van der Waals surface area contributed by atoms with Crippen molar-refractivity contribution in [2.24, 2.45) is 5.92 Å². The Morgan fingerprint density at radius 3 is 3.12 bits per heavy atom. The predicted molar refractivity (Wildman–Crippen MR) is 62.3 cm³/mol. The highest BCUT2D eigenvalue weighted by Crippen LogP contribution is 2.14. The van der Waals surface area contributed by atoms with Gasteiger partial charge in [0, 0.05) is 12.6 Å². The molecule has 0 aliphatic carbocycles. The zero-order chi connectivity index (χ0) is 12.3. The molecule has 0 spiro atoms. The van der Waals surface area contributed by atoms with Crippen LogP contribution in [0.3, 0.4) is 0 Å². The number of nitrogens with zero attached hydrogens (tertiary/aromatic N) is 2. The van der Waals surface area contributed by atoms with Crippen molar-refractivity contribution in [1.29, 1.82) is 0 Å². The first-order valence-electron chi connectivity index (χ1n) is 5.63. The van der Waals surface area contributed by atoms with Gasteiger partial charge in [0.2, 0.25) is 0 Å². The van der Waals surface area contributed by atoms with Crippen LogP contribution in [0.1, 0.15) is 23.8 Å². The Morgan fingerprint density at radius 2 is 2.41 bits per heavy atom. The van der Waals surface area contributed by atoms with Gasteiger partial charge in [0.1, 0.15) is 11.5 Å². The molecular formula is C11H16N4O2. The Labute approximate surface area is 99.6 Å². The molecule has 1 saturated heterocycles. The topological polar surface area (TPSA) is 90.1 Å². The molecule has 1 fully saturated rings. The molecule has 2 rings (SSSR count). The molecule has 6 nitrogen and oxygen atoms in total. The van der Waals surface area contributed by atoms with Gasteiger partial charge in [-0.15, -0.1) is 0 Å². The van der Waals surface area contributed by atoms with Crippen LogP contribution in [0.5, 0.6) is 0 Å². The lowest BCUT2D eigenvalue weighted by Crippen LogP contribution is -2.44. The standard InChI is InChI=1S/C11H16N4O2/c1-7-6-17-3-2-8(7)15-11(16)9-4-13-5-10(12)14-9/h4-5,7-8H,2-3,6H2,1H3,(H2,12,14)(H,15,16). The van der Waals surface area contributed by atoms with Gasteiger partial charge in [0.05, 0.1) is 19.0 Å². The van der Waals surface area contributed by atoms with E-state index in [0.29, 0.717) is 19.1 Å². The number of nitrogen functional groups attached to an aromatic ring is 1. The molecule has 2 atom stereocenters. The van der Waals surface area contributed by atoms with Crippen LogP contribution < -0.4 is 11.1 Å². The van der Waals surface area contributed by atoms with Crippen molar-refractivity contribution in [2.45, 2.75) is 19.4 Å². The Bertz CT molecular complexity index is 410. The summed E-state index contributed by atoms with van der Waals surface area (Å²) in [7, 11) is 0. The lowest BCUT2D eigenvalue weighted by molar-refractivity contribution is 0.0374. The Hall–Kier alpha value is -1.69. The third-order valence-corrected chi connectivity index (χ3v) is 2.84. The average molecular weight is 236 g/mol. The fourth-order valence-corrected chi connectivity index (χ4v) is 1.83. The van der Waals surface area contributed by atoms with E-state index in [0.717, 1.165) is 6.42 Å². The van der Waals surface area contributed by atoms with Crippen molar-refractivity contribution in [2.75, 3.05) is 18.9 Å². The third-order valence-electron chi connectivity index (χ3n) is 2.84. The quantitative estimate of drug-likeness (QED) is 0.766. The smallest absolute Gasteiger partial charge is 0.271 e. The number of anilines is 1. The minimum Gasteiger partial charge on any atom is -0.382 e. The van der Waals surface area contributed by atoms with Crippen LogP contribution in [-0.2, 0) is 4.74 Å². The second-order valence-corrected chi connectivity index (χ2v) is 4.25. The van der Waals surface area contributed by atoms with Crippen LogP contribution in [0.4, 0.5) is 5.82 Å². The van der Waals surface area contributed by atoms with Gasteiger partial charge < -0.3 is 15.8 Å². The summed E-state index contributed by atoms with van der Waals surface area (Å²) in [6, 6.07) is 0.125. The molecule has 0 saturated carbocycles. The van der Waals surface area contributed by atoms with E-state index in [4.69, 9.17) is 10.5 Å². The van der Waals surface area contributed by atoms with Crippen LogP contribution >= 0.6 is 0 Å². The van der Waals surface area contributed by atoms with E-state index in [1.807, 2.05) is 0 Å². The van der Waals surface area contributed by atoms with Crippen molar-refractivity contribution in [3.8, 4) is 0 Å². The van der Waals surface area contributed by atoms with E-state index in [1.165, 1.54) is 12.4 Å². The number of nitrogens with two attached hydrogens (primary N) is 1. The summed E-state index contributed by atoms with van der Waals surface area (Å²) >= 11 is 0. The Balaban J connectivity index is 2.01. The summed E-state index contributed by atoms with van der Waals surface area (Å²) in [5.41, 5.74) is 5.74. The molecule has 92 valence electrons. The lowest BCUT2D eigenvalue weighted by Gasteiger charge is -2.29. The number of nitrogens with one attached hydrogen (secondary N) is 1. The van der Waals surface area contributed by atoms with E-state index in [9.17, 15) is 4.79 Å². The first-order valence-corrected chi connectivity index (χ1v) is 5.63. The largest absolute Gasteiger partial charge is 0.382 e. The van der Waals surface area contributed by atoms with Crippen molar-refractivity contribution in [3.05, 3.63) is 18.1 Å². The van der Waals surface area contributed by atoms with Gasteiger partial charge in [0.15, 0.2) is 0 Å². The van der Waals surface area contributed by atoms with Gasteiger partial charge in [0.25, 0.3) is 5.91 Å². The highest BCUT2D eigenvalue weighted by molar-refractivity contribution is 5.92. The number of carbonyl (C=O) groups is 1. The molecule has 3 N–H and O–H groups in total. The molecule has 1 aromatic heterocycles. The van der Waals surface area contributed by atoms with Gasteiger partial charge in [-0.2, -0.15) is 0 Å². The predicted octanol–water partition coefficient (Wildman–Crippen LogP) is 0.214. The molecule has 6 heteroatoms. The molecule has 1 aliphatic heterocycles. The van der Waals surface area contributed by atoms with Crippen molar-refractivity contribution >= 4 is 11.7 Å². The monoisotopic (exact) mass is 236 g/mol. The highest BCUT2D eigenvalue weighted by Gasteiger charge is 2.24. The minimum absolute atomic E-state index is 0.125. The fourth-order valence-electron chi connectivity index (χ4n) is 1.83. The van der Waals surface area contributed by atoms with E-state index < -0.39 is 0 Å². The van der Waals surface area contributed by atoms with Gasteiger partial charge in [-0.05, 0) is 12.3 Å². The molecule has 1 aromatic rings. The Morgan fingerprint density at radius 1 is 1.59 bits per heavy atom. The number of carbonyl (C=O) groups excluding carboxylic acids is 1. The molecule has 2 heterocycles. The highest BCUT2D eigenvalue weighted by atomic mass is 16.5. The molecule has 0 bridgehead atoms. The molecule has 2 unspecified atom stereocenters. The second-order valence-electron chi connectivity index (χ2n) is 4.25. The number of hydrogen-bond donors (Lipinski definition) is 2. The van der Waals surface area contributed by atoms with Crippen molar-refractivity contribution in [1.82, 2.24) is 15.3 Å². The van der Waals surface area contributed by atoms with Crippen LogP contribution in [-0.4, -0.2) is 35.1 Å². The maximum Gasteiger partial charge on any atom is 0.271 e. The zero-order valence-electron chi connectivity index (χ0n) is 9.72. The summed E-state index contributed by atoms with van der Waals surface area (Å²) in [5, 5.41) is 2.94. The minimum atomic E-state index is -0.233. The zero-order valence-corrected chi connectivity index (χ0v) is 9.72. The maximum atomic E-state index is 11.9. The first-order chi connectivity index (χ1) is 8.16. The van der Waals surface area contributed by atoms with Gasteiger partial charge >= 0.3 is 0 Å². The number of rotatable bonds is 2. The summed E-state index contributed by atoms with van der Waals surface area (Å²) in [5.74, 6) is 0.322. The summed E-state index contributed by atoms with van der Waals surface area (Å²) in [6.07, 6.45) is 3.65. The normalized spacial score (nSPS) is 24.3. The van der Waals surface area contributed by atoms with Gasteiger partial charge in [-0.3, -0.25) is 9.78 Å². The average Bonchev–Trinajstić information content (AvgIpc) is 2.32. The van der Waals surface area contributed by atoms with Crippen LogP contribution in [0, 0.1) is 5.92 Å².